The molecule has 1 N–H and O–H groups in total. The molecule has 0 unspecified atom stereocenters. The standard InChI is InChI=1S/C23H17BrN2O5S/c1-2-31-23(30)19-17(13-7-9-14(24)10-8-13)12-32-20(19)25-18(27)11-26-21(28)15-5-3-4-6-16(15)22(26)29/h3-10,12H,2,11H2,1H3,(H,25,27). The molecule has 0 spiro atoms. The van der Waals surface area contributed by atoms with Crippen LogP contribution in [0.3, 0.4) is 0 Å². The predicted molar refractivity (Wildman–Crippen MR) is 124 cm³/mol. The van der Waals surface area contributed by atoms with Gasteiger partial charge in [0.25, 0.3) is 11.8 Å². The van der Waals surface area contributed by atoms with Gasteiger partial charge in [0.05, 0.1) is 17.7 Å². The molecule has 0 aliphatic carbocycles. The van der Waals surface area contributed by atoms with Crippen LogP contribution in [-0.4, -0.2) is 41.7 Å². The summed E-state index contributed by atoms with van der Waals surface area (Å²) in [5, 5.41) is 4.72. The monoisotopic (exact) mass is 512 g/mol. The third kappa shape index (κ3) is 4.09. The van der Waals surface area contributed by atoms with Crippen molar-refractivity contribution in [3.63, 3.8) is 0 Å². The number of nitrogens with one attached hydrogen (secondary N) is 1. The van der Waals surface area contributed by atoms with E-state index in [0.29, 0.717) is 10.6 Å². The first-order valence-electron chi connectivity index (χ1n) is 9.70. The van der Waals surface area contributed by atoms with Crippen molar-refractivity contribution in [2.45, 2.75) is 6.92 Å². The number of anilines is 1. The van der Waals surface area contributed by atoms with Gasteiger partial charge in [-0.2, -0.15) is 0 Å². The zero-order valence-corrected chi connectivity index (χ0v) is 19.3. The number of halogens is 1. The van der Waals surface area contributed by atoms with Crippen molar-refractivity contribution >= 4 is 56.0 Å². The molecule has 0 fully saturated rings. The van der Waals surface area contributed by atoms with Crippen LogP contribution in [0.1, 0.15) is 38.0 Å². The maximum absolute atomic E-state index is 12.7. The number of benzene rings is 2. The van der Waals surface area contributed by atoms with E-state index in [1.165, 1.54) is 11.3 Å². The van der Waals surface area contributed by atoms with Crippen molar-refractivity contribution in [1.29, 1.82) is 0 Å². The number of hydrogen-bond donors (Lipinski definition) is 1. The lowest BCUT2D eigenvalue weighted by atomic mass is 10.0. The van der Waals surface area contributed by atoms with E-state index in [1.54, 1.807) is 36.6 Å². The fourth-order valence-electron chi connectivity index (χ4n) is 3.39. The Labute approximate surface area is 196 Å². The highest BCUT2D eigenvalue weighted by Crippen LogP contribution is 2.36. The topological polar surface area (TPSA) is 92.8 Å². The number of thiophene rings is 1. The van der Waals surface area contributed by atoms with Crippen molar-refractivity contribution in [3.8, 4) is 11.1 Å². The SMILES string of the molecule is CCOC(=O)c1c(-c2ccc(Br)cc2)csc1NC(=O)CN1C(=O)c2ccccc2C1=O. The molecule has 3 amide bonds. The molecule has 3 aromatic rings. The van der Waals surface area contributed by atoms with Crippen LogP contribution in [0.25, 0.3) is 11.1 Å². The zero-order chi connectivity index (χ0) is 22.8. The third-order valence-corrected chi connectivity index (χ3v) is 6.28. The summed E-state index contributed by atoms with van der Waals surface area (Å²) in [6.45, 7) is 1.42. The van der Waals surface area contributed by atoms with Gasteiger partial charge < -0.3 is 10.1 Å². The van der Waals surface area contributed by atoms with Gasteiger partial charge in [-0.3, -0.25) is 19.3 Å². The van der Waals surface area contributed by atoms with Crippen LogP contribution in [0.15, 0.2) is 58.4 Å². The molecule has 1 aliphatic heterocycles. The first-order chi connectivity index (χ1) is 15.4. The average molecular weight is 513 g/mol. The number of rotatable bonds is 6. The Morgan fingerprint density at radius 3 is 2.22 bits per heavy atom. The summed E-state index contributed by atoms with van der Waals surface area (Å²) in [5.74, 6) is -2.20. The van der Waals surface area contributed by atoms with Crippen LogP contribution >= 0.6 is 27.3 Å². The van der Waals surface area contributed by atoms with Crippen molar-refractivity contribution in [3.05, 3.63) is 75.1 Å². The van der Waals surface area contributed by atoms with Crippen LogP contribution in [0, 0.1) is 0 Å². The van der Waals surface area contributed by atoms with E-state index in [2.05, 4.69) is 21.2 Å². The van der Waals surface area contributed by atoms with E-state index in [9.17, 15) is 19.2 Å². The molecule has 0 radical (unpaired) electrons. The van der Waals surface area contributed by atoms with Gasteiger partial charge in [-0.25, -0.2) is 4.79 Å². The molecule has 0 saturated carbocycles. The average Bonchev–Trinajstić information content (AvgIpc) is 3.30. The predicted octanol–water partition coefficient (Wildman–Crippen LogP) is 4.59. The first-order valence-corrected chi connectivity index (χ1v) is 11.4. The minimum absolute atomic E-state index is 0.177. The number of imide groups is 1. The summed E-state index contributed by atoms with van der Waals surface area (Å²) in [4.78, 5) is 51.3. The van der Waals surface area contributed by atoms with Gasteiger partial charge in [-0.15, -0.1) is 11.3 Å². The lowest BCUT2D eigenvalue weighted by molar-refractivity contribution is -0.116. The zero-order valence-electron chi connectivity index (χ0n) is 16.9. The minimum Gasteiger partial charge on any atom is -0.462 e. The third-order valence-electron chi connectivity index (χ3n) is 4.86. The van der Waals surface area contributed by atoms with Gasteiger partial charge in [0.15, 0.2) is 0 Å². The molecule has 0 atom stereocenters. The highest BCUT2D eigenvalue weighted by atomic mass is 79.9. The number of carbonyl (C=O) groups excluding carboxylic acids is 4. The molecule has 9 heteroatoms. The molecule has 2 heterocycles. The number of amides is 3. The summed E-state index contributed by atoms with van der Waals surface area (Å²) < 4.78 is 6.09. The first kappa shape index (κ1) is 21.9. The molecule has 1 aromatic heterocycles. The Morgan fingerprint density at radius 2 is 1.62 bits per heavy atom. The maximum Gasteiger partial charge on any atom is 0.341 e. The van der Waals surface area contributed by atoms with Gasteiger partial charge in [0.1, 0.15) is 17.1 Å². The van der Waals surface area contributed by atoms with E-state index < -0.39 is 30.2 Å². The lowest BCUT2D eigenvalue weighted by Crippen LogP contribution is -2.37. The fourth-order valence-corrected chi connectivity index (χ4v) is 4.63. The number of carbonyl (C=O) groups is 4. The Bertz CT molecular complexity index is 1200. The van der Waals surface area contributed by atoms with E-state index in [-0.39, 0.29) is 23.3 Å². The number of fused-ring (bicyclic) bond motifs is 1. The summed E-state index contributed by atoms with van der Waals surface area (Å²) in [5.41, 5.74) is 2.18. The number of esters is 1. The summed E-state index contributed by atoms with van der Waals surface area (Å²) in [6, 6.07) is 13.8. The molecule has 32 heavy (non-hydrogen) atoms. The minimum atomic E-state index is -0.589. The van der Waals surface area contributed by atoms with Crippen LogP contribution < -0.4 is 5.32 Å². The summed E-state index contributed by atoms with van der Waals surface area (Å²) in [7, 11) is 0. The Balaban J connectivity index is 1.58. The summed E-state index contributed by atoms with van der Waals surface area (Å²) in [6.07, 6.45) is 0. The summed E-state index contributed by atoms with van der Waals surface area (Å²) >= 11 is 4.56. The van der Waals surface area contributed by atoms with Gasteiger partial charge >= 0.3 is 5.97 Å². The van der Waals surface area contributed by atoms with Gasteiger partial charge in [-0.05, 0) is 36.8 Å². The van der Waals surface area contributed by atoms with Crippen LogP contribution in [0.2, 0.25) is 0 Å². The smallest absolute Gasteiger partial charge is 0.341 e. The Hall–Kier alpha value is -3.30. The van der Waals surface area contributed by atoms with Gasteiger partial charge in [0.2, 0.25) is 5.91 Å². The van der Waals surface area contributed by atoms with Crippen LogP contribution in [0.4, 0.5) is 5.00 Å². The molecule has 1 aliphatic rings. The molecule has 162 valence electrons. The molecule has 0 bridgehead atoms. The second kappa shape index (κ2) is 9.05. The molecular formula is C23H17BrN2O5S. The highest BCUT2D eigenvalue weighted by molar-refractivity contribution is 9.10. The quantitative estimate of drug-likeness (QED) is 0.385. The fraction of sp³-hybridized carbons (Fsp3) is 0.130. The lowest BCUT2D eigenvalue weighted by Gasteiger charge is -2.14. The normalized spacial score (nSPS) is 12.6. The molecule has 0 saturated heterocycles. The highest BCUT2D eigenvalue weighted by Gasteiger charge is 2.36. The Morgan fingerprint density at radius 1 is 1.00 bits per heavy atom. The van der Waals surface area contributed by atoms with Gasteiger partial charge in [-0.1, -0.05) is 40.2 Å². The number of ether oxygens (including phenoxy) is 1. The Kier molecular flexibility index (Phi) is 6.20. The number of nitrogens with zero attached hydrogens (tertiary/aromatic N) is 1. The van der Waals surface area contributed by atoms with E-state index in [4.69, 9.17) is 4.74 Å². The molecule has 2 aromatic carbocycles. The van der Waals surface area contributed by atoms with E-state index >= 15 is 0 Å². The van der Waals surface area contributed by atoms with E-state index in [0.717, 1.165) is 14.9 Å². The second-order valence-corrected chi connectivity index (χ2v) is 8.67. The van der Waals surface area contributed by atoms with Crippen molar-refractivity contribution < 1.29 is 23.9 Å². The van der Waals surface area contributed by atoms with Gasteiger partial charge in [0, 0.05) is 15.4 Å². The van der Waals surface area contributed by atoms with E-state index in [1.807, 2.05) is 24.3 Å². The second-order valence-electron chi connectivity index (χ2n) is 6.87. The largest absolute Gasteiger partial charge is 0.462 e. The molecular weight excluding hydrogens is 496 g/mol. The maximum atomic E-state index is 12.7. The van der Waals surface area contributed by atoms with Crippen molar-refractivity contribution in [1.82, 2.24) is 4.90 Å². The number of hydrogen-bond acceptors (Lipinski definition) is 6. The van der Waals surface area contributed by atoms with Crippen LogP contribution in [-0.2, 0) is 9.53 Å². The molecule has 7 nitrogen and oxygen atoms in total. The van der Waals surface area contributed by atoms with Crippen molar-refractivity contribution in [2.24, 2.45) is 0 Å². The van der Waals surface area contributed by atoms with Crippen LogP contribution in [0.5, 0.6) is 0 Å². The molecule has 4 rings (SSSR count). The van der Waals surface area contributed by atoms with Crippen molar-refractivity contribution in [2.75, 3.05) is 18.5 Å².